The van der Waals surface area contributed by atoms with Crippen LogP contribution in [-0.4, -0.2) is 4.40 Å². The number of fused-ring (bicyclic) bond motifs is 4. The zero-order valence-electron chi connectivity index (χ0n) is 23.9. The maximum atomic E-state index is 16.1. The molecule has 0 N–H and O–H groups in total. The van der Waals surface area contributed by atoms with Gasteiger partial charge >= 0.3 is 17.3 Å². The van der Waals surface area contributed by atoms with E-state index in [1.165, 1.54) is 0 Å². The van der Waals surface area contributed by atoms with Gasteiger partial charge in [-0.1, -0.05) is 33.1 Å². The highest BCUT2D eigenvalue weighted by molar-refractivity contribution is 5.84. The minimum atomic E-state index is -5.25. The minimum Gasteiger partial charge on any atom is -0.382 e. The number of alkyl halides is 3. The van der Waals surface area contributed by atoms with Crippen molar-refractivity contribution in [1.29, 1.82) is 0 Å². The summed E-state index contributed by atoms with van der Waals surface area (Å²) in [5.74, 6) is -2.78. The van der Waals surface area contributed by atoms with Crippen LogP contribution in [0.4, 0.5) is 22.0 Å². The van der Waals surface area contributed by atoms with Crippen molar-refractivity contribution < 1.29 is 35.5 Å². The van der Waals surface area contributed by atoms with Gasteiger partial charge in [-0.25, -0.2) is 18.1 Å². The van der Waals surface area contributed by atoms with E-state index in [4.69, 9.17) is 4.42 Å². The normalized spacial score (nSPS) is 18.2. The monoisotopic (exact) mass is 575 g/mol. The molecule has 10 heteroatoms. The van der Waals surface area contributed by atoms with Gasteiger partial charge < -0.3 is 4.42 Å². The predicted octanol–water partition coefficient (Wildman–Crippen LogP) is 5.85. The molecule has 0 amide bonds. The van der Waals surface area contributed by atoms with Gasteiger partial charge in [-0.05, 0) is 30.9 Å². The molecule has 1 atom stereocenters. The van der Waals surface area contributed by atoms with Crippen LogP contribution in [0.2, 0.25) is 0 Å². The van der Waals surface area contributed by atoms with Gasteiger partial charge in [0.15, 0.2) is 17.6 Å². The van der Waals surface area contributed by atoms with Gasteiger partial charge in [0.25, 0.3) is 11.3 Å². The molecule has 4 heterocycles. The third-order valence-corrected chi connectivity index (χ3v) is 8.38. The second-order valence-corrected chi connectivity index (χ2v) is 11.2. The summed E-state index contributed by atoms with van der Waals surface area (Å²) in [5.41, 5.74) is -2.41. The van der Waals surface area contributed by atoms with Gasteiger partial charge in [0, 0.05) is 38.0 Å². The lowest BCUT2D eigenvalue weighted by atomic mass is 9.76. The van der Waals surface area contributed by atoms with Crippen LogP contribution in [0.5, 0.6) is 0 Å². The number of unbranched alkanes of at least 4 members (excludes halogenated alkanes) is 3. The van der Waals surface area contributed by atoms with Crippen LogP contribution in [0.15, 0.2) is 39.8 Å². The number of aromatic nitrogens is 3. The fraction of sp³-hybridized carbons (Fsp3) is 0.452. The molecule has 0 bridgehead atoms. The number of nitrogens with zero attached hydrogens (tertiary/aromatic N) is 3. The topological polar surface area (TPSA) is 42.4 Å². The van der Waals surface area contributed by atoms with Crippen molar-refractivity contribution in [3.63, 3.8) is 0 Å². The molecule has 218 valence electrons. The largest absolute Gasteiger partial charge is 0.422 e. The first-order valence-electron chi connectivity index (χ1n) is 14.0. The Morgan fingerprint density at radius 3 is 2.46 bits per heavy atom. The molecule has 0 radical (unpaired) electrons. The molecule has 5 rings (SSSR count). The third-order valence-electron chi connectivity index (χ3n) is 8.38. The zero-order chi connectivity index (χ0) is 29.9. The van der Waals surface area contributed by atoms with E-state index in [1.54, 1.807) is 46.0 Å². The number of imidazole rings is 1. The molecule has 3 aromatic heterocycles. The van der Waals surface area contributed by atoms with E-state index in [9.17, 15) is 18.0 Å². The van der Waals surface area contributed by atoms with Crippen molar-refractivity contribution in [2.75, 3.05) is 0 Å². The first kappa shape index (κ1) is 29.0. The highest BCUT2D eigenvalue weighted by atomic mass is 19.4. The van der Waals surface area contributed by atoms with Gasteiger partial charge in [-0.2, -0.15) is 22.1 Å². The Labute approximate surface area is 234 Å². The Hall–Kier alpha value is -3.56. The quantitative estimate of drug-likeness (QED) is 0.158. The van der Waals surface area contributed by atoms with Gasteiger partial charge in [-0.15, -0.1) is 0 Å². The van der Waals surface area contributed by atoms with Crippen molar-refractivity contribution in [3.8, 4) is 11.3 Å². The van der Waals surface area contributed by atoms with E-state index in [0.29, 0.717) is 25.1 Å². The van der Waals surface area contributed by atoms with E-state index in [1.807, 2.05) is 19.9 Å². The number of oxazole rings is 1. The van der Waals surface area contributed by atoms with Crippen molar-refractivity contribution >= 4 is 11.1 Å². The number of hydrogen-bond acceptors (Lipinski definition) is 2. The van der Waals surface area contributed by atoms with E-state index < -0.39 is 34.5 Å². The number of pyridine rings is 1. The van der Waals surface area contributed by atoms with Gasteiger partial charge in [0.2, 0.25) is 5.69 Å². The van der Waals surface area contributed by atoms with Crippen LogP contribution in [0, 0.1) is 18.6 Å². The summed E-state index contributed by atoms with van der Waals surface area (Å²) in [6.45, 7) is 7.68. The first-order valence-corrected chi connectivity index (χ1v) is 14.0. The Morgan fingerprint density at radius 2 is 1.80 bits per heavy atom. The highest BCUT2D eigenvalue weighted by Crippen LogP contribution is 2.47. The number of rotatable bonds is 7. The van der Waals surface area contributed by atoms with E-state index in [0.717, 1.165) is 37.3 Å². The molecule has 0 spiro atoms. The molecule has 1 unspecified atom stereocenters. The van der Waals surface area contributed by atoms with Crippen LogP contribution >= 0.6 is 0 Å². The Bertz CT molecular complexity index is 1770. The van der Waals surface area contributed by atoms with Crippen molar-refractivity contribution in [2.24, 2.45) is 7.05 Å². The standard InChI is InChI=1S/C31H34F5N3O2/c1-6-8-9-10-11-19-12-14-38-22(15-19)24-20(16-21(32)26(27(24)33)31(34,35)36)25(30(38,4)13-7-2)28-39-18(3)37(5)17-23(39)29(40)41-28/h12,14-17H,6-11,13H2,1-5H3/q+2. The van der Waals surface area contributed by atoms with E-state index in [-0.39, 0.29) is 33.5 Å². The number of hydrogen-bond donors (Lipinski definition) is 0. The Balaban J connectivity index is 1.94. The number of aryl methyl sites for hydroxylation is 3. The van der Waals surface area contributed by atoms with Crippen LogP contribution in [0.3, 0.4) is 0 Å². The lowest BCUT2D eigenvalue weighted by Crippen LogP contribution is -2.60. The third kappa shape index (κ3) is 4.55. The molecular formula is C31H34F5N3O2+2. The summed E-state index contributed by atoms with van der Waals surface area (Å²) in [4.78, 5) is 12.9. The zero-order valence-corrected chi connectivity index (χ0v) is 23.9. The summed E-state index contributed by atoms with van der Waals surface area (Å²) < 4.78 is 84.1. The fourth-order valence-corrected chi connectivity index (χ4v) is 6.31. The summed E-state index contributed by atoms with van der Waals surface area (Å²) in [6.07, 6.45) is 3.88. The fourth-order valence-electron chi connectivity index (χ4n) is 6.31. The number of halogens is 5. The summed E-state index contributed by atoms with van der Waals surface area (Å²) in [7, 11) is 1.75. The molecule has 0 fully saturated rings. The smallest absolute Gasteiger partial charge is 0.382 e. The molecule has 0 saturated carbocycles. The summed E-state index contributed by atoms with van der Waals surface area (Å²) >= 11 is 0. The molecule has 1 aliphatic heterocycles. The molecular weight excluding hydrogens is 541 g/mol. The minimum absolute atomic E-state index is 0.0423. The van der Waals surface area contributed by atoms with Crippen molar-refractivity contribution in [2.45, 2.75) is 84.4 Å². The van der Waals surface area contributed by atoms with E-state index in [2.05, 4.69) is 6.92 Å². The van der Waals surface area contributed by atoms with Crippen LogP contribution < -0.4 is 20.3 Å². The lowest BCUT2D eigenvalue weighted by Gasteiger charge is -2.33. The Morgan fingerprint density at radius 1 is 1.07 bits per heavy atom. The summed E-state index contributed by atoms with van der Waals surface area (Å²) in [6, 6.07) is 4.36. The van der Waals surface area contributed by atoms with Crippen molar-refractivity contribution in [3.05, 3.63) is 80.7 Å². The molecule has 41 heavy (non-hydrogen) atoms. The van der Waals surface area contributed by atoms with Gasteiger partial charge in [-0.3, -0.25) is 0 Å². The van der Waals surface area contributed by atoms with Crippen molar-refractivity contribution in [1.82, 2.24) is 4.40 Å². The van der Waals surface area contributed by atoms with Gasteiger partial charge in [0.05, 0.1) is 12.6 Å². The second kappa shape index (κ2) is 10.4. The predicted molar refractivity (Wildman–Crippen MR) is 143 cm³/mol. The highest BCUT2D eigenvalue weighted by Gasteiger charge is 2.52. The lowest BCUT2D eigenvalue weighted by molar-refractivity contribution is -0.738. The number of benzene rings is 1. The molecule has 0 aliphatic carbocycles. The average Bonchev–Trinajstić information content (AvgIpc) is 3.36. The first-order chi connectivity index (χ1) is 19.3. The Kier molecular flexibility index (Phi) is 7.32. The average molecular weight is 576 g/mol. The maximum Gasteiger partial charge on any atom is 0.422 e. The van der Waals surface area contributed by atoms with Gasteiger partial charge in [0.1, 0.15) is 23.2 Å². The SMILES string of the molecule is CCCCCCc1cc[n+]2c(c1)-c1c(cc(F)c(C(F)(F)F)c1F)C(=c1oc(=O)c3c[n+](C)c(C)n13)C2(C)CCC. The second-order valence-electron chi connectivity index (χ2n) is 11.2. The van der Waals surface area contributed by atoms with Crippen LogP contribution in [0.25, 0.3) is 22.3 Å². The maximum absolute atomic E-state index is 16.1. The summed E-state index contributed by atoms with van der Waals surface area (Å²) in [5, 5.41) is 0. The molecule has 4 aromatic rings. The van der Waals surface area contributed by atoms with E-state index >= 15 is 8.78 Å². The molecule has 1 aliphatic rings. The van der Waals surface area contributed by atoms with Crippen LogP contribution in [-0.2, 0) is 25.2 Å². The van der Waals surface area contributed by atoms with Crippen LogP contribution in [0.1, 0.15) is 81.8 Å². The molecule has 5 nitrogen and oxygen atoms in total. The molecule has 0 saturated heterocycles. The molecule has 1 aromatic carbocycles.